The van der Waals surface area contributed by atoms with E-state index in [0.29, 0.717) is 25.3 Å². The number of alkyl halides is 3. The molecule has 0 aliphatic heterocycles. The van der Waals surface area contributed by atoms with E-state index in [1.165, 1.54) is 0 Å². The van der Waals surface area contributed by atoms with Gasteiger partial charge in [0.25, 0.3) is 0 Å². The number of hydrogen-bond acceptors (Lipinski definition) is 3. The third kappa shape index (κ3) is 3.36. The molecule has 0 bridgehead atoms. The van der Waals surface area contributed by atoms with Crippen LogP contribution in [-0.4, -0.2) is 41.7 Å². The predicted molar refractivity (Wildman–Crippen MR) is 60.2 cm³/mol. The summed E-state index contributed by atoms with van der Waals surface area (Å²) >= 11 is 0. The normalized spacial score (nSPS) is 34.8. The monoisotopic (exact) mass is 267 g/mol. The van der Waals surface area contributed by atoms with Gasteiger partial charge in [-0.1, -0.05) is 0 Å². The highest BCUT2D eigenvalue weighted by atomic mass is 19.4. The molecule has 3 nitrogen and oxygen atoms in total. The SMILES string of the molecule is CC(OC1CCC(CO)(NC2CC2)C1)C(F)(F)F. The number of ether oxygens (including phenoxy) is 1. The van der Waals surface area contributed by atoms with Crippen LogP contribution in [0.5, 0.6) is 0 Å². The number of hydrogen-bond donors (Lipinski definition) is 2. The third-order valence-corrected chi connectivity index (χ3v) is 3.81. The van der Waals surface area contributed by atoms with E-state index in [1.807, 2.05) is 0 Å². The standard InChI is InChI=1S/C12H20F3NO2/c1-8(12(13,14)15)18-10-4-5-11(6-10,7-17)16-9-2-3-9/h8-10,16-17H,2-7H2,1H3. The van der Waals surface area contributed by atoms with Crippen LogP contribution in [-0.2, 0) is 4.74 Å². The summed E-state index contributed by atoms with van der Waals surface area (Å²) in [5.41, 5.74) is -0.433. The molecule has 2 aliphatic carbocycles. The van der Waals surface area contributed by atoms with E-state index in [-0.39, 0.29) is 6.61 Å². The fourth-order valence-electron chi connectivity index (χ4n) is 2.54. The highest BCUT2D eigenvalue weighted by molar-refractivity contribution is 5.01. The molecule has 0 spiro atoms. The topological polar surface area (TPSA) is 41.5 Å². The van der Waals surface area contributed by atoms with Gasteiger partial charge in [-0.2, -0.15) is 13.2 Å². The Morgan fingerprint density at radius 1 is 1.39 bits per heavy atom. The van der Waals surface area contributed by atoms with Gasteiger partial charge in [0.1, 0.15) is 0 Å². The molecule has 0 heterocycles. The maximum atomic E-state index is 12.4. The second-order valence-corrected chi connectivity index (χ2v) is 5.54. The van der Waals surface area contributed by atoms with Crippen molar-refractivity contribution in [1.29, 1.82) is 0 Å². The fourth-order valence-corrected chi connectivity index (χ4v) is 2.54. The zero-order valence-electron chi connectivity index (χ0n) is 10.5. The predicted octanol–water partition coefficient (Wildman–Crippen LogP) is 1.99. The maximum Gasteiger partial charge on any atom is 0.414 e. The van der Waals surface area contributed by atoms with Crippen LogP contribution in [0.2, 0.25) is 0 Å². The van der Waals surface area contributed by atoms with Crippen LogP contribution in [0.3, 0.4) is 0 Å². The van der Waals surface area contributed by atoms with Crippen molar-refractivity contribution >= 4 is 0 Å². The first-order valence-corrected chi connectivity index (χ1v) is 6.45. The number of aliphatic hydroxyl groups is 1. The van der Waals surface area contributed by atoms with Crippen molar-refractivity contribution in [2.45, 2.75) is 69.0 Å². The molecule has 0 aromatic rings. The van der Waals surface area contributed by atoms with Gasteiger partial charge in [-0.05, 0) is 39.0 Å². The largest absolute Gasteiger partial charge is 0.414 e. The van der Waals surface area contributed by atoms with Crippen molar-refractivity contribution in [3.63, 3.8) is 0 Å². The Bertz CT molecular complexity index is 294. The number of aliphatic hydroxyl groups excluding tert-OH is 1. The van der Waals surface area contributed by atoms with Gasteiger partial charge in [0.15, 0.2) is 6.10 Å². The number of halogens is 3. The summed E-state index contributed by atoms with van der Waals surface area (Å²) < 4.78 is 42.3. The zero-order chi connectivity index (χ0) is 13.4. The minimum Gasteiger partial charge on any atom is -0.394 e. The molecule has 3 atom stereocenters. The van der Waals surface area contributed by atoms with Crippen LogP contribution in [0.15, 0.2) is 0 Å². The van der Waals surface area contributed by atoms with Crippen molar-refractivity contribution < 1.29 is 23.0 Å². The quantitative estimate of drug-likeness (QED) is 0.800. The first kappa shape index (κ1) is 14.1. The molecule has 0 aromatic heterocycles. The van der Waals surface area contributed by atoms with E-state index in [9.17, 15) is 18.3 Å². The summed E-state index contributed by atoms with van der Waals surface area (Å²) in [5.74, 6) is 0. The van der Waals surface area contributed by atoms with Gasteiger partial charge in [0, 0.05) is 11.6 Å². The second kappa shape index (κ2) is 4.98. The zero-order valence-corrected chi connectivity index (χ0v) is 10.5. The highest BCUT2D eigenvalue weighted by Gasteiger charge is 2.45. The van der Waals surface area contributed by atoms with Gasteiger partial charge in [0.2, 0.25) is 0 Å². The molecule has 2 fully saturated rings. The van der Waals surface area contributed by atoms with Crippen molar-refractivity contribution in [2.24, 2.45) is 0 Å². The van der Waals surface area contributed by atoms with E-state index in [1.54, 1.807) is 0 Å². The lowest BCUT2D eigenvalue weighted by molar-refractivity contribution is -0.226. The summed E-state index contributed by atoms with van der Waals surface area (Å²) in [4.78, 5) is 0. The van der Waals surface area contributed by atoms with Gasteiger partial charge < -0.3 is 15.2 Å². The molecule has 3 unspecified atom stereocenters. The van der Waals surface area contributed by atoms with Gasteiger partial charge in [-0.3, -0.25) is 0 Å². The average molecular weight is 267 g/mol. The maximum absolute atomic E-state index is 12.4. The Balaban J connectivity index is 1.86. The average Bonchev–Trinajstić information content (AvgIpc) is 2.99. The fraction of sp³-hybridized carbons (Fsp3) is 1.00. The molecule has 0 aromatic carbocycles. The summed E-state index contributed by atoms with van der Waals surface area (Å²) in [5, 5.41) is 12.8. The van der Waals surface area contributed by atoms with E-state index in [0.717, 1.165) is 19.8 Å². The Hall–Kier alpha value is -0.330. The lowest BCUT2D eigenvalue weighted by Crippen LogP contribution is -2.48. The molecule has 2 saturated carbocycles. The molecule has 18 heavy (non-hydrogen) atoms. The summed E-state index contributed by atoms with van der Waals surface area (Å²) in [6.07, 6.45) is -2.58. The van der Waals surface area contributed by atoms with E-state index in [2.05, 4.69) is 5.32 Å². The molecular formula is C12H20F3NO2. The van der Waals surface area contributed by atoms with E-state index < -0.39 is 23.9 Å². The minimum absolute atomic E-state index is 0.0379. The van der Waals surface area contributed by atoms with Crippen molar-refractivity contribution in [1.82, 2.24) is 5.32 Å². The number of nitrogens with one attached hydrogen (secondary N) is 1. The van der Waals surface area contributed by atoms with Crippen molar-refractivity contribution in [3.05, 3.63) is 0 Å². The molecule has 2 aliphatic rings. The Morgan fingerprint density at radius 2 is 2.06 bits per heavy atom. The molecule has 6 heteroatoms. The summed E-state index contributed by atoms with van der Waals surface area (Å²) in [7, 11) is 0. The smallest absolute Gasteiger partial charge is 0.394 e. The third-order valence-electron chi connectivity index (χ3n) is 3.81. The van der Waals surface area contributed by atoms with Gasteiger partial charge in [-0.25, -0.2) is 0 Å². The van der Waals surface area contributed by atoms with Crippen LogP contribution in [0.4, 0.5) is 13.2 Å². The van der Waals surface area contributed by atoms with Gasteiger partial charge >= 0.3 is 6.18 Å². The van der Waals surface area contributed by atoms with Crippen LogP contribution < -0.4 is 5.32 Å². The van der Waals surface area contributed by atoms with Crippen molar-refractivity contribution in [3.8, 4) is 0 Å². The first-order chi connectivity index (χ1) is 8.35. The van der Waals surface area contributed by atoms with Crippen LogP contribution in [0.1, 0.15) is 39.0 Å². The molecule has 0 saturated heterocycles. The summed E-state index contributed by atoms with van der Waals surface area (Å²) in [6, 6.07) is 0.427. The molecule has 2 rings (SSSR count). The molecule has 0 amide bonds. The molecule has 106 valence electrons. The van der Waals surface area contributed by atoms with Gasteiger partial charge in [-0.15, -0.1) is 0 Å². The number of rotatable bonds is 5. The summed E-state index contributed by atoms with van der Waals surface area (Å²) in [6.45, 7) is 0.997. The Labute approximate surface area is 105 Å². The minimum atomic E-state index is -4.31. The van der Waals surface area contributed by atoms with Crippen LogP contribution in [0.25, 0.3) is 0 Å². The highest BCUT2D eigenvalue weighted by Crippen LogP contribution is 2.37. The first-order valence-electron chi connectivity index (χ1n) is 6.45. The molecular weight excluding hydrogens is 247 g/mol. The lowest BCUT2D eigenvalue weighted by atomic mass is 9.98. The Morgan fingerprint density at radius 3 is 2.56 bits per heavy atom. The van der Waals surface area contributed by atoms with Crippen LogP contribution in [0, 0.1) is 0 Å². The lowest BCUT2D eigenvalue weighted by Gasteiger charge is -2.29. The van der Waals surface area contributed by atoms with Crippen LogP contribution >= 0.6 is 0 Å². The molecule has 2 N–H and O–H groups in total. The Kier molecular flexibility index (Phi) is 3.90. The van der Waals surface area contributed by atoms with E-state index in [4.69, 9.17) is 4.74 Å². The second-order valence-electron chi connectivity index (χ2n) is 5.54. The van der Waals surface area contributed by atoms with Crippen molar-refractivity contribution in [2.75, 3.05) is 6.61 Å². The molecule has 0 radical (unpaired) electrons. The van der Waals surface area contributed by atoms with Gasteiger partial charge in [0.05, 0.1) is 12.7 Å². The van der Waals surface area contributed by atoms with E-state index >= 15 is 0 Å².